The fraction of sp³-hybridized carbons (Fsp3) is 0.438. The van der Waals surface area contributed by atoms with E-state index in [2.05, 4.69) is 70.2 Å². The molecule has 0 spiro atoms. The molecule has 3 rings (SSSR count). The average molecular weight is 270 g/mol. The molecule has 0 aliphatic rings. The zero-order valence-corrected chi connectivity index (χ0v) is 12.5. The van der Waals surface area contributed by atoms with E-state index in [0.29, 0.717) is 0 Å². The van der Waals surface area contributed by atoms with Gasteiger partial charge in [-0.05, 0) is 32.1 Å². The lowest BCUT2D eigenvalue weighted by Crippen LogP contribution is -2.26. The van der Waals surface area contributed by atoms with Crippen LogP contribution in [-0.4, -0.2) is 38.7 Å². The van der Waals surface area contributed by atoms with Gasteiger partial charge in [-0.2, -0.15) is 5.10 Å². The van der Waals surface area contributed by atoms with Crippen LogP contribution >= 0.6 is 0 Å². The van der Waals surface area contributed by atoms with Crippen molar-refractivity contribution in [3.63, 3.8) is 0 Å². The van der Waals surface area contributed by atoms with Crippen molar-refractivity contribution in [1.82, 2.24) is 19.1 Å². The first-order valence-corrected chi connectivity index (χ1v) is 7.40. The van der Waals surface area contributed by atoms with E-state index in [-0.39, 0.29) is 0 Å². The van der Waals surface area contributed by atoms with Gasteiger partial charge in [0.1, 0.15) is 5.65 Å². The molecule has 4 nitrogen and oxygen atoms in total. The SMILES string of the molecule is CCN(CC)CCn1c2ccccc2n2nc(C)cc12. The van der Waals surface area contributed by atoms with Crippen molar-refractivity contribution >= 4 is 16.7 Å². The first kappa shape index (κ1) is 13.2. The predicted molar refractivity (Wildman–Crippen MR) is 83.2 cm³/mol. The van der Waals surface area contributed by atoms with E-state index in [1.165, 1.54) is 16.7 Å². The number of nitrogens with zero attached hydrogens (tertiary/aromatic N) is 4. The quantitative estimate of drug-likeness (QED) is 0.712. The first-order chi connectivity index (χ1) is 9.74. The Bertz CT molecular complexity index is 719. The van der Waals surface area contributed by atoms with Crippen LogP contribution in [0.1, 0.15) is 19.5 Å². The summed E-state index contributed by atoms with van der Waals surface area (Å²) in [5, 5.41) is 4.61. The molecule has 0 bridgehead atoms. The summed E-state index contributed by atoms with van der Waals surface area (Å²) in [6.45, 7) is 10.8. The third-order valence-corrected chi connectivity index (χ3v) is 4.02. The Kier molecular flexibility index (Phi) is 3.49. The predicted octanol–water partition coefficient (Wildman–Crippen LogP) is 2.94. The highest BCUT2D eigenvalue weighted by atomic mass is 15.3. The second-order valence-corrected chi connectivity index (χ2v) is 5.22. The Hall–Kier alpha value is -1.81. The van der Waals surface area contributed by atoms with Gasteiger partial charge in [0.2, 0.25) is 0 Å². The first-order valence-electron chi connectivity index (χ1n) is 7.40. The van der Waals surface area contributed by atoms with E-state index in [0.717, 1.165) is 31.9 Å². The smallest absolute Gasteiger partial charge is 0.137 e. The molecule has 0 amide bonds. The lowest BCUT2D eigenvalue weighted by atomic mass is 10.3. The minimum atomic E-state index is 1.00. The van der Waals surface area contributed by atoms with Crippen LogP contribution in [0, 0.1) is 6.92 Å². The number of imidazole rings is 1. The van der Waals surface area contributed by atoms with Gasteiger partial charge in [0.15, 0.2) is 0 Å². The molecule has 4 heteroatoms. The molecule has 0 unspecified atom stereocenters. The van der Waals surface area contributed by atoms with E-state index in [9.17, 15) is 0 Å². The average Bonchev–Trinajstić information content (AvgIpc) is 2.97. The summed E-state index contributed by atoms with van der Waals surface area (Å²) in [5.74, 6) is 0. The van der Waals surface area contributed by atoms with Crippen LogP contribution in [0.15, 0.2) is 30.3 Å². The Morgan fingerprint density at radius 1 is 1.10 bits per heavy atom. The van der Waals surface area contributed by atoms with Crippen molar-refractivity contribution in [2.45, 2.75) is 27.3 Å². The standard InChI is InChI=1S/C16H22N4/c1-4-18(5-2)10-11-19-14-8-6-7-9-15(14)20-16(19)12-13(3)17-20/h6-9,12H,4-5,10-11H2,1-3H3. The number of benzene rings is 1. The Balaban J connectivity index is 2.06. The molecule has 0 fully saturated rings. The number of hydrogen-bond acceptors (Lipinski definition) is 2. The lowest BCUT2D eigenvalue weighted by molar-refractivity contribution is 0.293. The van der Waals surface area contributed by atoms with Crippen molar-refractivity contribution in [3.05, 3.63) is 36.0 Å². The topological polar surface area (TPSA) is 25.5 Å². The van der Waals surface area contributed by atoms with Gasteiger partial charge < -0.3 is 9.47 Å². The summed E-state index contributed by atoms with van der Waals surface area (Å²) < 4.78 is 4.44. The number of rotatable bonds is 5. The molecular formula is C16H22N4. The number of aromatic nitrogens is 3. The molecule has 1 aromatic carbocycles. The minimum Gasteiger partial charge on any atom is -0.323 e. The van der Waals surface area contributed by atoms with Gasteiger partial charge in [-0.1, -0.05) is 26.0 Å². The molecule has 20 heavy (non-hydrogen) atoms. The summed E-state index contributed by atoms with van der Waals surface area (Å²) in [6, 6.07) is 10.7. The molecule has 2 aromatic heterocycles. The van der Waals surface area contributed by atoms with E-state index >= 15 is 0 Å². The molecule has 0 N–H and O–H groups in total. The van der Waals surface area contributed by atoms with E-state index in [4.69, 9.17) is 0 Å². The third-order valence-electron chi connectivity index (χ3n) is 4.02. The maximum atomic E-state index is 4.61. The van der Waals surface area contributed by atoms with Crippen LogP contribution < -0.4 is 0 Å². The molecule has 0 saturated heterocycles. The third kappa shape index (κ3) is 2.10. The normalized spacial score (nSPS) is 12.0. The van der Waals surface area contributed by atoms with E-state index in [1.54, 1.807) is 0 Å². The fourth-order valence-electron chi connectivity index (χ4n) is 2.87. The maximum Gasteiger partial charge on any atom is 0.137 e. The lowest BCUT2D eigenvalue weighted by Gasteiger charge is -2.18. The molecule has 106 valence electrons. The molecule has 0 aliphatic carbocycles. The Morgan fingerprint density at radius 3 is 2.50 bits per heavy atom. The van der Waals surface area contributed by atoms with Crippen LogP contribution in [0.2, 0.25) is 0 Å². The summed E-state index contributed by atoms with van der Waals surface area (Å²) in [7, 11) is 0. The van der Waals surface area contributed by atoms with Gasteiger partial charge >= 0.3 is 0 Å². The van der Waals surface area contributed by atoms with Gasteiger partial charge in [0, 0.05) is 19.2 Å². The van der Waals surface area contributed by atoms with Crippen LogP contribution in [0.5, 0.6) is 0 Å². The molecule has 0 atom stereocenters. The number of fused-ring (bicyclic) bond motifs is 3. The van der Waals surface area contributed by atoms with Gasteiger partial charge in [-0.15, -0.1) is 0 Å². The van der Waals surface area contributed by atoms with Crippen LogP contribution in [0.4, 0.5) is 0 Å². The Labute approximate surface area is 119 Å². The fourth-order valence-corrected chi connectivity index (χ4v) is 2.87. The number of hydrogen-bond donors (Lipinski definition) is 0. The minimum absolute atomic E-state index is 1.00. The van der Waals surface area contributed by atoms with Crippen molar-refractivity contribution in [1.29, 1.82) is 0 Å². The van der Waals surface area contributed by atoms with E-state index in [1.807, 2.05) is 0 Å². The second-order valence-electron chi connectivity index (χ2n) is 5.22. The van der Waals surface area contributed by atoms with Crippen molar-refractivity contribution in [3.8, 4) is 0 Å². The van der Waals surface area contributed by atoms with Gasteiger partial charge in [-0.3, -0.25) is 0 Å². The molecular weight excluding hydrogens is 248 g/mol. The highest BCUT2D eigenvalue weighted by Crippen LogP contribution is 2.21. The number of aryl methyl sites for hydroxylation is 1. The molecule has 2 heterocycles. The highest BCUT2D eigenvalue weighted by molar-refractivity contribution is 5.81. The second kappa shape index (κ2) is 5.29. The monoisotopic (exact) mass is 270 g/mol. The number of likely N-dealkylation sites (N-methyl/N-ethyl adjacent to an activating group) is 1. The molecule has 0 aliphatic heterocycles. The molecule has 3 aromatic rings. The zero-order chi connectivity index (χ0) is 14.1. The van der Waals surface area contributed by atoms with Gasteiger partial charge in [0.25, 0.3) is 0 Å². The van der Waals surface area contributed by atoms with Crippen LogP contribution in [0.3, 0.4) is 0 Å². The van der Waals surface area contributed by atoms with Crippen LogP contribution in [-0.2, 0) is 6.54 Å². The van der Waals surface area contributed by atoms with Crippen LogP contribution in [0.25, 0.3) is 16.7 Å². The largest absolute Gasteiger partial charge is 0.323 e. The Morgan fingerprint density at radius 2 is 1.80 bits per heavy atom. The zero-order valence-electron chi connectivity index (χ0n) is 12.5. The summed E-state index contributed by atoms with van der Waals surface area (Å²) in [5.41, 5.74) is 4.72. The van der Waals surface area contributed by atoms with Crippen molar-refractivity contribution in [2.24, 2.45) is 0 Å². The van der Waals surface area contributed by atoms with Crippen molar-refractivity contribution in [2.75, 3.05) is 19.6 Å². The van der Waals surface area contributed by atoms with Gasteiger partial charge in [0.05, 0.1) is 16.7 Å². The van der Waals surface area contributed by atoms with E-state index < -0.39 is 0 Å². The maximum absolute atomic E-state index is 4.61. The summed E-state index contributed by atoms with van der Waals surface area (Å²) >= 11 is 0. The van der Waals surface area contributed by atoms with Crippen molar-refractivity contribution < 1.29 is 0 Å². The summed E-state index contributed by atoms with van der Waals surface area (Å²) in [4.78, 5) is 2.45. The molecule has 0 radical (unpaired) electrons. The van der Waals surface area contributed by atoms with Gasteiger partial charge in [-0.25, -0.2) is 4.52 Å². The number of para-hydroxylation sites is 2. The summed E-state index contributed by atoms with van der Waals surface area (Å²) in [6.07, 6.45) is 0. The highest BCUT2D eigenvalue weighted by Gasteiger charge is 2.12. The molecule has 0 saturated carbocycles.